The van der Waals surface area contributed by atoms with Crippen molar-refractivity contribution in [2.75, 3.05) is 17.9 Å². The zero-order valence-corrected chi connectivity index (χ0v) is 15.7. The quantitative estimate of drug-likeness (QED) is 0.441. The highest BCUT2D eigenvalue weighted by Gasteiger charge is 2.19. The van der Waals surface area contributed by atoms with Crippen LogP contribution in [0.4, 0.5) is 10.5 Å². The molecule has 2 aromatic rings. The van der Waals surface area contributed by atoms with E-state index in [1.165, 1.54) is 18.3 Å². The van der Waals surface area contributed by atoms with Gasteiger partial charge in [0.2, 0.25) is 0 Å². The monoisotopic (exact) mass is 449 g/mol. The van der Waals surface area contributed by atoms with Crippen LogP contribution in [0.2, 0.25) is 5.15 Å². The standard InChI is InChI=1S/C14H13BrClN3O5S/c15-9-6-12(13(16)18-8-9)25(22,23)19-10-2-1-3-11(7-10)24-5-4-17-14(20)21/h1-3,6-8,17,19H,4-5H2,(H,20,21). The number of nitrogens with one attached hydrogen (secondary N) is 2. The Hall–Kier alpha value is -2.04. The van der Waals surface area contributed by atoms with Crippen molar-refractivity contribution in [3.05, 3.63) is 46.2 Å². The number of nitrogens with zero attached hydrogens (tertiary/aromatic N) is 1. The number of benzene rings is 1. The van der Waals surface area contributed by atoms with Gasteiger partial charge >= 0.3 is 6.09 Å². The molecular formula is C14H13BrClN3O5S. The van der Waals surface area contributed by atoms with Crippen LogP contribution >= 0.6 is 27.5 Å². The molecule has 1 aromatic heterocycles. The normalized spacial score (nSPS) is 11.0. The molecule has 0 aliphatic heterocycles. The van der Waals surface area contributed by atoms with Crippen LogP contribution in [-0.2, 0) is 10.0 Å². The number of hydrogen-bond donors (Lipinski definition) is 3. The molecule has 0 spiro atoms. The third-order valence-electron chi connectivity index (χ3n) is 2.80. The first kappa shape index (κ1) is 19.3. The molecule has 1 heterocycles. The van der Waals surface area contributed by atoms with E-state index in [1.54, 1.807) is 18.2 Å². The molecule has 11 heteroatoms. The number of amides is 1. The van der Waals surface area contributed by atoms with Crippen LogP contribution in [0.25, 0.3) is 0 Å². The second-order valence-corrected chi connectivity index (χ2v) is 7.58. The van der Waals surface area contributed by atoms with Gasteiger partial charge in [0, 0.05) is 16.7 Å². The van der Waals surface area contributed by atoms with Gasteiger partial charge in [-0.3, -0.25) is 4.72 Å². The third-order valence-corrected chi connectivity index (χ3v) is 5.04. The Labute approximate surface area is 157 Å². The molecule has 3 N–H and O–H groups in total. The SMILES string of the molecule is O=C(O)NCCOc1cccc(NS(=O)(=O)c2cc(Br)cnc2Cl)c1. The highest BCUT2D eigenvalue weighted by Crippen LogP contribution is 2.26. The lowest BCUT2D eigenvalue weighted by Crippen LogP contribution is -2.26. The summed E-state index contributed by atoms with van der Waals surface area (Å²) in [6.07, 6.45) is 0.241. The van der Waals surface area contributed by atoms with Crippen LogP contribution in [-0.4, -0.2) is 37.8 Å². The van der Waals surface area contributed by atoms with E-state index in [9.17, 15) is 13.2 Å². The average molecular weight is 451 g/mol. The van der Waals surface area contributed by atoms with E-state index < -0.39 is 16.1 Å². The first-order valence-electron chi connectivity index (χ1n) is 6.81. The van der Waals surface area contributed by atoms with Crippen LogP contribution in [0, 0.1) is 0 Å². The fourth-order valence-electron chi connectivity index (χ4n) is 1.78. The lowest BCUT2D eigenvalue weighted by atomic mass is 10.3. The molecule has 1 amide bonds. The minimum Gasteiger partial charge on any atom is -0.492 e. The Kier molecular flexibility index (Phi) is 6.45. The molecule has 0 fully saturated rings. The van der Waals surface area contributed by atoms with Gasteiger partial charge in [-0.2, -0.15) is 0 Å². The summed E-state index contributed by atoms with van der Waals surface area (Å²) in [5.41, 5.74) is 0.264. The minimum absolute atomic E-state index is 0.101. The summed E-state index contributed by atoms with van der Waals surface area (Å²) in [4.78, 5) is 14.0. The summed E-state index contributed by atoms with van der Waals surface area (Å²) in [6.45, 7) is 0.203. The summed E-state index contributed by atoms with van der Waals surface area (Å²) in [6, 6.07) is 7.57. The van der Waals surface area contributed by atoms with Crippen molar-refractivity contribution >= 4 is 49.3 Å². The number of aromatic nitrogens is 1. The molecule has 0 aliphatic carbocycles. The van der Waals surface area contributed by atoms with Crippen molar-refractivity contribution in [3.8, 4) is 5.75 Å². The Morgan fingerprint density at radius 2 is 2.12 bits per heavy atom. The molecule has 25 heavy (non-hydrogen) atoms. The lowest BCUT2D eigenvalue weighted by Gasteiger charge is -2.11. The van der Waals surface area contributed by atoms with Crippen molar-refractivity contribution in [2.45, 2.75) is 4.90 Å². The van der Waals surface area contributed by atoms with Crippen molar-refractivity contribution < 1.29 is 23.1 Å². The Morgan fingerprint density at radius 1 is 1.36 bits per heavy atom. The number of hydrogen-bond acceptors (Lipinski definition) is 5. The van der Waals surface area contributed by atoms with E-state index in [-0.39, 0.29) is 28.9 Å². The van der Waals surface area contributed by atoms with Crippen LogP contribution < -0.4 is 14.8 Å². The van der Waals surface area contributed by atoms with Crippen LogP contribution in [0.5, 0.6) is 5.75 Å². The van der Waals surface area contributed by atoms with E-state index in [4.69, 9.17) is 21.4 Å². The van der Waals surface area contributed by atoms with Crippen molar-refractivity contribution in [2.24, 2.45) is 0 Å². The first-order valence-corrected chi connectivity index (χ1v) is 9.47. The molecule has 1 aromatic carbocycles. The van der Waals surface area contributed by atoms with Crippen LogP contribution in [0.1, 0.15) is 0 Å². The molecule has 0 atom stereocenters. The Balaban J connectivity index is 2.10. The molecule has 0 aliphatic rings. The molecule has 0 saturated heterocycles. The number of rotatable bonds is 7. The topological polar surface area (TPSA) is 118 Å². The predicted octanol–water partition coefficient (Wildman–Crippen LogP) is 2.94. The number of sulfonamides is 1. The summed E-state index contributed by atoms with van der Waals surface area (Å²) >= 11 is 9.01. The summed E-state index contributed by atoms with van der Waals surface area (Å²) in [5, 5.41) is 10.5. The van der Waals surface area contributed by atoms with Gasteiger partial charge in [-0.05, 0) is 34.1 Å². The number of anilines is 1. The molecule has 8 nitrogen and oxygen atoms in total. The number of carbonyl (C=O) groups is 1. The number of halogens is 2. The van der Waals surface area contributed by atoms with E-state index in [0.29, 0.717) is 10.2 Å². The maximum atomic E-state index is 12.4. The fraction of sp³-hybridized carbons (Fsp3) is 0.143. The average Bonchev–Trinajstić information content (AvgIpc) is 2.53. The number of carboxylic acid groups (broad SMARTS) is 1. The lowest BCUT2D eigenvalue weighted by molar-refractivity contribution is 0.191. The number of ether oxygens (including phenoxy) is 1. The fourth-order valence-corrected chi connectivity index (χ4v) is 3.77. The molecule has 0 bridgehead atoms. The van der Waals surface area contributed by atoms with Crippen molar-refractivity contribution in [1.82, 2.24) is 10.3 Å². The smallest absolute Gasteiger partial charge is 0.404 e. The van der Waals surface area contributed by atoms with E-state index >= 15 is 0 Å². The van der Waals surface area contributed by atoms with Crippen LogP contribution in [0.3, 0.4) is 0 Å². The third kappa shape index (κ3) is 5.76. The van der Waals surface area contributed by atoms with E-state index in [0.717, 1.165) is 0 Å². The van der Waals surface area contributed by atoms with Gasteiger partial charge in [0.25, 0.3) is 10.0 Å². The highest BCUT2D eigenvalue weighted by molar-refractivity contribution is 9.10. The van der Waals surface area contributed by atoms with Gasteiger partial charge in [-0.1, -0.05) is 17.7 Å². The molecular weight excluding hydrogens is 438 g/mol. The first-order chi connectivity index (χ1) is 11.8. The molecule has 0 unspecified atom stereocenters. The summed E-state index contributed by atoms with van der Waals surface area (Å²) < 4.78 is 33.1. The van der Waals surface area contributed by atoms with Gasteiger partial charge in [0.1, 0.15) is 22.4 Å². The maximum Gasteiger partial charge on any atom is 0.404 e. The van der Waals surface area contributed by atoms with Gasteiger partial charge in [-0.15, -0.1) is 0 Å². The molecule has 0 radical (unpaired) electrons. The van der Waals surface area contributed by atoms with E-state index in [2.05, 4.69) is 31.0 Å². The highest BCUT2D eigenvalue weighted by atomic mass is 79.9. The largest absolute Gasteiger partial charge is 0.492 e. The summed E-state index contributed by atoms with van der Waals surface area (Å²) in [7, 11) is -3.94. The Bertz CT molecular complexity index is 879. The van der Waals surface area contributed by atoms with Gasteiger partial charge in [0.05, 0.1) is 12.2 Å². The summed E-state index contributed by atoms with van der Waals surface area (Å²) in [5.74, 6) is 0.380. The van der Waals surface area contributed by atoms with Gasteiger partial charge in [0.15, 0.2) is 0 Å². The van der Waals surface area contributed by atoms with Crippen LogP contribution in [0.15, 0.2) is 45.9 Å². The maximum absolute atomic E-state index is 12.4. The van der Waals surface area contributed by atoms with E-state index in [1.807, 2.05) is 0 Å². The van der Waals surface area contributed by atoms with Crippen molar-refractivity contribution in [1.29, 1.82) is 0 Å². The second-order valence-electron chi connectivity index (χ2n) is 4.66. The zero-order chi connectivity index (χ0) is 18.4. The zero-order valence-electron chi connectivity index (χ0n) is 12.6. The molecule has 0 saturated carbocycles. The van der Waals surface area contributed by atoms with Gasteiger partial charge in [-0.25, -0.2) is 18.2 Å². The second kappa shape index (κ2) is 8.37. The molecule has 134 valence electrons. The van der Waals surface area contributed by atoms with Crippen molar-refractivity contribution in [3.63, 3.8) is 0 Å². The molecule has 2 rings (SSSR count). The Morgan fingerprint density at radius 3 is 2.84 bits per heavy atom. The minimum atomic E-state index is -3.94. The van der Waals surface area contributed by atoms with Gasteiger partial charge < -0.3 is 15.2 Å². The predicted molar refractivity (Wildman–Crippen MR) is 95.7 cm³/mol. The number of pyridine rings is 1.